The van der Waals surface area contributed by atoms with Gasteiger partial charge in [-0.2, -0.15) is 5.26 Å². The lowest BCUT2D eigenvalue weighted by molar-refractivity contribution is -0.137. The van der Waals surface area contributed by atoms with Gasteiger partial charge in [0.1, 0.15) is 17.4 Å². The van der Waals surface area contributed by atoms with Gasteiger partial charge in [-0.15, -0.1) is 0 Å². The van der Waals surface area contributed by atoms with Crippen LogP contribution in [0.5, 0.6) is 17.2 Å². The van der Waals surface area contributed by atoms with Gasteiger partial charge in [0.25, 0.3) is 0 Å². The van der Waals surface area contributed by atoms with Gasteiger partial charge in [-0.05, 0) is 35.9 Å². The first-order valence-electron chi connectivity index (χ1n) is 7.84. The Balaban J connectivity index is 2.09. The zero-order valence-corrected chi connectivity index (χ0v) is 14.8. The first kappa shape index (κ1) is 19.5. The minimum Gasteiger partial charge on any atom is -0.493 e. The second-order valence-electron chi connectivity index (χ2n) is 5.15. The number of nitriles is 1. The second kappa shape index (κ2) is 9.63. The van der Waals surface area contributed by atoms with Crippen molar-refractivity contribution >= 4 is 18.0 Å². The van der Waals surface area contributed by atoms with Crippen LogP contribution in [0.4, 0.5) is 0 Å². The number of para-hydroxylation sites is 1. The Hall–Kier alpha value is -3.79. The van der Waals surface area contributed by atoms with E-state index in [2.05, 4.69) is 4.74 Å². The smallest absolute Gasteiger partial charge is 0.349 e. The fourth-order valence-corrected chi connectivity index (χ4v) is 2.08. The number of ether oxygens (including phenoxy) is 4. The predicted molar refractivity (Wildman–Crippen MR) is 96.2 cm³/mol. The molecule has 2 aromatic rings. The highest BCUT2D eigenvalue weighted by Crippen LogP contribution is 2.29. The van der Waals surface area contributed by atoms with E-state index in [0.29, 0.717) is 11.3 Å². The second-order valence-corrected chi connectivity index (χ2v) is 5.15. The molecule has 0 fully saturated rings. The number of hydrogen-bond donors (Lipinski definition) is 0. The Morgan fingerprint density at radius 3 is 2.44 bits per heavy atom. The molecule has 27 heavy (non-hydrogen) atoms. The molecule has 0 unspecified atom stereocenters. The summed E-state index contributed by atoms with van der Waals surface area (Å²) in [6.07, 6.45) is 1.35. The molecule has 0 saturated carbocycles. The summed E-state index contributed by atoms with van der Waals surface area (Å²) in [6.45, 7) is -0.268. The molecule has 0 aliphatic carbocycles. The van der Waals surface area contributed by atoms with Crippen LogP contribution in [0, 0.1) is 11.3 Å². The average Bonchev–Trinajstić information content (AvgIpc) is 2.71. The van der Waals surface area contributed by atoms with Gasteiger partial charge in [0.15, 0.2) is 18.1 Å². The van der Waals surface area contributed by atoms with Crippen LogP contribution in [0.3, 0.4) is 0 Å². The summed E-state index contributed by atoms with van der Waals surface area (Å²) in [5, 5.41) is 9.01. The number of esters is 2. The topological polar surface area (TPSA) is 94.9 Å². The maximum atomic E-state index is 12.0. The summed E-state index contributed by atoms with van der Waals surface area (Å²) >= 11 is 0. The highest BCUT2D eigenvalue weighted by Gasteiger charge is 2.13. The van der Waals surface area contributed by atoms with Gasteiger partial charge in [0, 0.05) is 0 Å². The molecule has 0 aromatic heterocycles. The summed E-state index contributed by atoms with van der Waals surface area (Å²) in [7, 11) is 2.60. The molecule has 0 spiro atoms. The standard InChI is InChI=1S/C20H17NO6/c1-24-18-11-14(10-15(12-21)20(23)25-2)8-9-17(18)27-19(22)13-26-16-6-4-3-5-7-16/h3-11H,13H2,1-2H3/b15-10+. The molecule has 2 rings (SSSR count). The Bertz CT molecular complexity index is 883. The van der Waals surface area contributed by atoms with E-state index in [1.54, 1.807) is 36.4 Å². The molecular weight excluding hydrogens is 350 g/mol. The molecule has 0 heterocycles. The van der Waals surface area contributed by atoms with Gasteiger partial charge in [0.2, 0.25) is 0 Å². The maximum Gasteiger partial charge on any atom is 0.349 e. The van der Waals surface area contributed by atoms with Gasteiger partial charge < -0.3 is 18.9 Å². The van der Waals surface area contributed by atoms with E-state index in [1.807, 2.05) is 6.07 Å². The third-order valence-corrected chi connectivity index (χ3v) is 3.35. The number of benzene rings is 2. The molecule has 7 nitrogen and oxygen atoms in total. The van der Waals surface area contributed by atoms with Crippen molar-refractivity contribution in [2.75, 3.05) is 20.8 Å². The molecule has 0 saturated heterocycles. The highest BCUT2D eigenvalue weighted by molar-refractivity contribution is 5.97. The van der Waals surface area contributed by atoms with E-state index >= 15 is 0 Å². The largest absolute Gasteiger partial charge is 0.493 e. The zero-order chi connectivity index (χ0) is 19.6. The molecule has 0 N–H and O–H groups in total. The van der Waals surface area contributed by atoms with E-state index in [-0.39, 0.29) is 23.7 Å². The summed E-state index contributed by atoms with van der Waals surface area (Å²) in [5.74, 6) is -0.349. The molecule has 0 aliphatic rings. The fraction of sp³-hybridized carbons (Fsp3) is 0.150. The lowest BCUT2D eigenvalue weighted by atomic mass is 10.1. The van der Waals surface area contributed by atoms with Crippen LogP contribution in [0.25, 0.3) is 6.08 Å². The van der Waals surface area contributed by atoms with Crippen molar-refractivity contribution in [1.82, 2.24) is 0 Å². The van der Waals surface area contributed by atoms with Crippen LogP contribution < -0.4 is 14.2 Å². The summed E-state index contributed by atoms with van der Waals surface area (Å²) in [4.78, 5) is 23.4. The molecule has 0 bridgehead atoms. The van der Waals surface area contributed by atoms with Crippen LogP contribution in [0.1, 0.15) is 5.56 Å². The number of methoxy groups -OCH3 is 2. The van der Waals surface area contributed by atoms with Crippen LogP contribution >= 0.6 is 0 Å². The van der Waals surface area contributed by atoms with Crippen molar-refractivity contribution < 1.29 is 28.5 Å². The van der Waals surface area contributed by atoms with Crippen molar-refractivity contribution in [3.05, 3.63) is 59.7 Å². The fourth-order valence-electron chi connectivity index (χ4n) is 2.08. The molecule has 7 heteroatoms. The first-order chi connectivity index (χ1) is 13.1. The Morgan fingerprint density at radius 2 is 1.81 bits per heavy atom. The van der Waals surface area contributed by atoms with E-state index in [9.17, 15) is 9.59 Å². The van der Waals surface area contributed by atoms with Crippen molar-refractivity contribution in [3.63, 3.8) is 0 Å². The number of hydrogen-bond acceptors (Lipinski definition) is 7. The molecular formula is C20H17NO6. The molecule has 0 radical (unpaired) electrons. The number of carbonyl (C=O) groups excluding carboxylic acids is 2. The van der Waals surface area contributed by atoms with E-state index in [1.165, 1.54) is 32.4 Å². The summed E-state index contributed by atoms with van der Waals surface area (Å²) < 4.78 is 20.3. The summed E-state index contributed by atoms with van der Waals surface area (Å²) in [6, 6.07) is 15.2. The maximum absolute atomic E-state index is 12.0. The minimum absolute atomic E-state index is 0.166. The lowest BCUT2D eigenvalue weighted by Gasteiger charge is -2.11. The number of rotatable bonds is 7. The SMILES string of the molecule is COC(=O)/C(C#N)=C/c1ccc(OC(=O)COc2ccccc2)c(OC)c1. The van der Waals surface area contributed by atoms with Crippen LogP contribution in [0.2, 0.25) is 0 Å². The van der Waals surface area contributed by atoms with Gasteiger partial charge >= 0.3 is 11.9 Å². The molecule has 138 valence electrons. The Morgan fingerprint density at radius 1 is 1.07 bits per heavy atom. The molecule has 0 atom stereocenters. The monoisotopic (exact) mass is 367 g/mol. The van der Waals surface area contributed by atoms with Crippen molar-refractivity contribution in [2.45, 2.75) is 0 Å². The first-order valence-corrected chi connectivity index (χ1v) is 7.84. The van der Waals surface area contributed by atoms with Crippen LogP contribution in [-0.2, 0) is 14.3 Å². The third-order valence-electron chi connectivity index (χ3n) is 3.35. The number of carbonyl (C=O) groups is 2. The normalized spacial score (nSPS) is 10.5. The highest BCUT2D eigenvalue weighted by atomic mass is 16.6. The summed E-state index contributed by atoms with van der Waals surface area (Å²) in [5.41, 5.74) is 0.342. The van der Waals surface area contributed by atoms with Gasteiger partial charge in [-0.1, -0.05) is 24.3 Å². The molecule has 0 aliphatic heterocycles. The Labute approximate surface area is 156 Å². The van der Waals surface area contributed by atoms with Gasteiger partial charge in [0.05, 0.1) is 14.2 Å². The number of nitrogens with zero attached hydrogens (tertiary/aromatic N) is 1. The van der Waals surface area contributed by atoms with Crippen molar-refractivity contribution in [1.29, 1.82) is 5.26 Å². The van der Waals surface area contributed by atoms with Crippen molar-refractivity contribution in [2.24, 2.45) is 0 Å². The third kappa shape index (κ3) is 5.61. The van der Waals surface area contributed by atoms with E-state index < -0.39 is 11.9 Å². The average molecular weight is 367 g/mol. The molecule has 2 aromatic carbocycles. The van der Waals surface area contributed by atoms with Crippen molar-refractivity contribution in [3.8, 4) is 23.3 Å². The zero-order valence-electron chi connectivity index (χ0n) is 14.8. The van der Waals surface area contributed by atoms with E-state index in [4.69, 9.17) is 19.5 Å². The van der Waals surface area contributed by atoms with Crippen LogP contribution in [0.15, 0.2) is 54.1 Å². The van der Waals surface area contributed by atoms with Gasteiger partial charge in [-0.25, -0.2) is 9.59 Å². The van der Waals surface area contributed by atoms with Crippen LogP contribution in [-0.4, -0.2) is 32.8 Å². The van der Waals surface area contributed by atoms with Gasteiger partial charge in [-0.3, -0.25) is 0 Å². The van der Waals surface area contributed by atoms with E-state index in [0.717, 1.165) is 0 Å². The lowest BCUT2D eigenvalue weighted by Crippen LogP contribution is -2.18. The minimum atomic E-state index is -0.745. The predicted octanol–water partition coefficient (Wildman–Crippen LogP) is 2.76. The Kier molecular flexibility index (Phi) is 6.97. The molecule has 0 amide bonds. The quantitative estimate of drug-likeness (QED) is 0.321.